The second kappa shape index (κ2) is 15.5. The Morgan fingerprint density at radius 3 is 1.17 bits per heavy atom. The maximum atomic E-state index is 6.20. The molecule has 140 valence electrons. The Balaban J connectivity index is 3.11. The van der Waals surface area contributed by atoms with Gasteiger partial charge in [-0.1, -0.05) is 124 Å². The molecule has 1 heteroatoms. The average molecular weight is 326 g/mol. The number of hydrogen-bond acceptors (Lipinski definition) is 1. The SMILES string of the molecule is CCCCCCCCCCCCCCCCCC(N)C(C)(C)C. The average Bonchev–Trinajstić information content (AvgIpc) is 2.50. The van der Waals surface area contributed by atoms with Gasteiger partial charge < -0.3 is 5.73 Å². The summed E-state index contributed by atoms with van der Waals surface area (Å²) in [5.41, 5.74) is 6.48. The van der Waals surface area contributed by atoms with E-state index in [1.165, 1.54) is 103 Å². The molecule has 0 heterocycles. The summed E-state index contributed by atoms with van der Waals surface area (Å²) < 4.78 is 0. The van der Waals surface area contributed by atoms with Crippen molar-refractivity contribution in [2.24, 2.45) is 11.1 Å². The van der Waals surface area contributed by atoms with Gasteiger partial charge in [-0.05, 0) is 11.8 Å². The van der Waals surface area contributed by atoms with Crippen molar-refractivity contribution in [3.8, 4) is 0 Å². The minimum atomic E-state index is 0.274. The van der Waals surface area contributed by atoms with Crippen molar-refractivity contribution in [1.29, 1.82) is 0 Å². The molecule has 0 rings (SSSR count). The normalized spacial score (nSPS) is 13.4. The highest BCUT2D eigenvalue weighted by atomic mass is 14.7. The molecule has 0 fully saturated rings. The van der Waals surface area contributed by atoms with Crippen LogP contribution in [-0.4, -0.2) is 6.04 Å². The summed E-state index contributed by atoms with van der Waals surface area (Å²) in [5, 5.41) is 0. The smallest absolute Gasteiger partial charge is 0.00876 e. The van der Waals surface area contributed by atoms with Crippen molar-refractivity contribution in [1.82, 2.24) is 0 Å². The van der Waals surface area contributed by atoms with Crippen LogP contribution in [0.4, 0.5) is 0 Å². The van der Waals surface area contributed by atoms with Crippen molar-refractivity contribution in [2.75, 3.05) is 0 Å². The Morgan fingerprint density at radius 1 is 0.565 bits per heavy atom. The molecular formula is C22H47N. The lowest BCUT2D eigenvalue weighted by Gasteiger charge is -2.26. The number of unbranched alkanes of at least 4 members (excludes halogenated alkanes) is 14. The second-order valence-electron chi connectivity index (χ2n) is 8.71. The largest absolute Gasteiger partial charge is 0.327 e. The lowest BCUT2D eigenvalue weighted by Crippen LogP contribution is -2.34. The van der Waals surface area contributed by atoms with E-state index in [-0.39, 0.29) is 5.41 Å². The Hall–Kier alpha value is -0.0400. The molecule has 0 bridgehead atoms. The molecule has 0 amide bonds. The minimum Gasteiger partial charge on any atom is -0.327 e. The Morgan fingerprint density at radius 2 is 0.870 bits per heavy atom. The summed E-state index contributed by atoms with van der Waals surface area (Å²) in [7, 11) is 0. The molecule has 0 radical (unpaired) electrons. The molecule has 0 aliphatic heterocycles. The van der Waals surface area contributed by atoms with E-state index in [2.05, 4.69) is 27.7 Å². The Kier molecular flexibility index (Phi) is 15.5. The molecule has 2 N–H and O–H groups in total. The molecule has 0 saturated heterocycles. The van der Waals surface area contributed by atoms with E-state index in [1.807, 2.05) is 0 Å². The summed E-state index contributed by atoms with van der Waals surface area (Å²) in [5.74, 6) is 0. The number of hydrogen-bond donors (Lipinski definition) is 1. The Bertz CT molecular complexity index is 229. The van der Waals surface area contributed by atoms with Crippen LogP contribution in [0.25, 0.3) is 0 Å². The number of rotatable bonds is 16. The first-order valence-corrected chi connectivity index (χ1v) is 10.7. The zero-order valence-electron chi connectivity index (χ0n) is 17.0. The van der Waals surface area contributed by atoms with Gasteiger partial charge in [0, 0.05) is 6.04 Å². The van der Waals surface area contributed by atoms with Gasteiger partial charge in [0.25, 0.3) is 0 Å². The first-order chi connectivity index (χ1) is 11.0. The minimum absolute atomic E-state index is 0.274. The first-order valence-electron chi connectivity index (χ1n) is 10.7. The van der Waals surface area contributed by atoms with E-state index in [1.54, 1.807) is 0 Å². The van der Waals surface area contributed by atoms with E-state index in [0.29, 0.717) is 6.04 Å². The Labute approximate surface area is 148 Å². The van der Waals surface area contributed by atoms with Gasteiger partial charge in [0.1, 0.15) is 0 Å². The number of nitrogens with two attached hydrogens (primary N) is 1. The maximum absolute atomic E-state index is 6.20. The third-order valence-corrected chi connectivity index (χ3v) is 5.23. The van der Waals surface area contributed by atoms with E-state index in [0.717, 1.165) is 0 Å². The molecule has 1 nitrogen and oxygen atoms in total. The zero-order chi connectivity index (χ0) is 17.4. The van der Waals surface area contributed by atoms with Crippen molar-refractivity contribution in [3.63, 3.8) is 0 Å². The van der Waals surface area contributed by atoms with Crippen LogP contribution < -0.4 is 5.73 Å². The lowest BCUT2D eigenvalue weighted by atomic mass is 9.84. The van der Waals surface area contributed by atoms with Crippen LogP contribution in [0.3, 0.4) is 0 Å². The van der Waals surface area contributed by atoms with E-state index in [9.17, 15) is 0 Å². The predicted octanol–water partition coefficient (Wildman–Crippen LogP) is 7.62. The molecule has 0 aliphatic rings. The highest BCUT2D eigenvalue weighted by molar-refractivity contribution is 4.76. The maximum Gasteiger partial charge on any atom is 0.00876 e. The quantitative estimate of drug-likeness (QED) is 0.290. The lowest BCUT2D eigenvalue weighted by molar-refractivity contribution is 0.298. The van der Waals surface area contributed by atoms with Gasteiger partial charge in [-0.15, -0.1) is 0 Å². The van der Waals surface area contributed by atoms with Gasteiger partial charge in [-0.25, -0.2) is 0 Å². The molecule has 1 unspecified atom stereocenters. The first kappa shape index (κ1) is 23.0. The van der Waals surface area contributed by atoms with Crippen LogP contribution in [0.15, 0.2) is 0 Å². The van der Waals surface area contributed by atoms with Crippen LogP contribution in [-0.2, 0) is 0 Å². The van der Waals surface area contributed by atoms with Crippen molar-refractivity contribution < 1.29 is 0 Å². The molecule has 0 aromatic heterocycles. The van der Waals surface area contributed by atoms with Gasteiger partial charge in [0.15, 0.2) is 0 Å². The summed E-state index contributed by atoms with van der Waals surface area (Å²) in [4.78, 5) is 0. The van der Waals surface area contributed by atoms with Crippen LogP contribution >= 0.6 is 0 Å². The van der Waals surface area contributed by atoms with Crippen molar-refractivity contribution in [2.45, 2.75) is 136 Å². The molecule has 0 aromatic rings. The van der Waals surface area contributed by atoms with Crippen LogP contribution in [0, 0.1) is 5.41 Å². The third kappa shape index (κ3) is 16.6. The van der Waals surface area contributed by atoms with E-state index >= 15 is 0 Å². The predicted molar refractivity (Wildman–Crippen MR) is 107 cm³/mol. The molecule has 0 spiro atoms. The summed E-state index contributed by atoms with van der Waals surface area (Å²) in [6, 6.07) is 0.365. The fraction of sp³-hybridized carbons (Fsp3) is 1.00. The second-order valence-corrected chi connectivity index (χ2v) is 8.71. The van der Waals surface area contributed by atoms with Crippen LogP contribution in [0.5, 0.6) is 0 Å². The van der Waals surface area contributed by atoms with Gasteiger partial charge in [-0.3, -0.25) is 0 Å². The summed E-state index contributed by atoms with van der Waals surface area (Å²) in [6.45, 7) is 9.05. The molecule has 23 heavy (non-hydrogen) atoms. The third-order valence-electron chi connectivity index (χ3n) is 5.23. The van der Waals surface area contributed by atoms with Crippen molar-refractivity contribution >= 4 is 0 Å². The van der Waals surface area contributed by atoms with Gasteiger partial charge in [-0.2, -0.15) is 0 Å². The molecule has 0 saturated carbocycles. The standard InChI is InChI=1S/C22H47N/c1-5-6-7-8-9-10-11-12-13-14-15-16-17-18-19-20-21(23)22(2,3)4/h21H,5-20,23H2,1-4H3. The molecule has 1 atom stereocenters. The zero-order valence-corrected chi connectivity index (χ0v) is 17.0. The van der Waals surface area contributed by atoms with Crippen molar-refractivity contribution in [3.05, 3.63) is 0 Å². The highest BCUT2D eigenvalue weighted by Gasteiger charge is 2.19. The van der Waals surface area contributed by atoms with E-state index < -0.39 is 0 Å². The molecule has 0 aromatic carbocycles. The van der Waals surface area contributed by atoms with Crippen LogP contribution in [0.1, 0.15) is 130 Å². The molecular weight excluding hydrogens is 278 g/mol. The molecule has 0 aliphatic carbocycles. The summed E-state index contributed by atoms with van der Waals surface area (Å²) in [6.07, 6.45) is 22.7. The monoisotopic (exact) mass is 325 g/mol. The van der Waals surface area contributed by atoms with Gasteiger partial charge in [0.05, 0.1) is 0 Å². The van der Waals surface area contributed by atoms with Gasteiger partial charge >= 0.3 is 0 Å². The van der Waals surface area contributed by atoms with E-state index in [4.69, 9.17) is 5.73 Å². The fourth-order valence-electron chi connectivity index (χ4n) is 3.17. The van der Waals surface area contributed by atoms with Gasteiger partial charge in [0.2, 0.25) is 0 Å². The summed E-state index contributed by atoms with van der Waals surface area (Å²) >= 11 is 0. The highest BCUT2D eigenvalue weighted by Crippen LogP contribution is 2.22. The van der Waals surface area contributed by atoms with Crippen LogP contribution in [0.2, 0.25) is 0 Å². The fourth-order valence-corrected chi connectivity index (χ4v) is 3.17. The topological polar surface area (TPSA) is 26.0 Å².